The van der Waals surface area contributed by atoms with E-state index in [1.54, 1.807) is 36.4 Å². The van der Waals surface area contributed by atoms with Crippen LogP contribution in [0.1, 0.15) is 34.2 Å². The quantitative estimate of drug-likeness (QED) is 0.131. The number of hydrogen-bond acceptors (Lipinski definition) is 6. The number of urea groups is 1. The number of rotatable bonds is 13. The normalized spacial score (nSPS) is 10.4. The number of carboxylic acids is 1. The van der Waals surface area contributed by atoms with Crippen molar-refractivity contribution in [3.05, 3.63) is 119 Å². The monoisotopic (exact) mass is 609 g/mol. The van der Waals surface area contributed by atoms with E-state index in [4.69, 9.17) is 14.6 Å². The standard InChI is InChI=1S/C35H35N3O7/c1-23-7-6-8-24(2)34(23)38-35(43)37-28-15-11-25(12-16-28)19-31(39)36-29-17-13-27(30(20-29)44-22-32(40)41)14-18-33(42)45-21-26-9-4-3-5-10-26/h3-13,15-17,20H,14,18-19,21-22H2,1-2H3,(H,36,39)(H,40,41)(H2,37,38,43). The Hall–Kier alpha value is -5.64. The highest BCUT2D eigenvalue weighted by molar-refractivity contribution is 6.00. The van der Waals surface area contributed by atoms with Crippen molar-refractivity contribution in [2.24, 2.45) is 0 Å². The molecule has 0 aliphatic rings. The molecule has 0 aromatic heterocycles. The summed E-state index contributed by atoms with van der Waals surface area (Å²) >= 11 is 0. The Morgan fingerprint density at radius 3 is 2.11 bits per heavy atom. The van der Waals surface area contributed by atoms with Crippen molar-refractivity contribution in [1.82, 2.24) is 0 Å². The highest BCUT2D eigenvalue weighted by Gasteiger charge is 2.13. The summed E-state index contributed by atoms with van der Waals surface area (Å²) in [6.45, 7) is 3.43. The van der Waals surface area contributed by atoms with Crippen LogP contribution in [-0.4, -0.2) is 35.6 Å². The van der Waals surface area contributed by atoms with E-state index < -0.39 is 18.5 Å². The van der Waals surface area contributed by atoms with Crippen LogP contribution in [0.25, 0.3) is 0 Å². The first-order valence-electron chi connectivity index (χ1n) is 14.4. The van der Waals surface area contributed by atoms with Crippen LogP contribution in [-0.2, 0) is 38.6 Å². The Balaban J connectivity index is 1.31. The topological polar surface area (TPSA) is 143 Å². The second-order valence-corrected chi connectivity index (χ2v) is 10.4. The molecule has 3 amide bonds. The molecule has 4 aromatic rings. The zero-order chi connectivity index (χ0) is 32.2. The minimum Gasteiger partial charge on any atom is -0.482 e. The third-order valence-electron chi connectivity index (χ3n) is 6.84. The van der Waals surface area contributed by atoms with Gasteiger partial charge in [0.05, 0.1) is 6.42 Å². The SMILES string of the molecule is Cc1cccc(C)c1NC(=O)Nc1ccc(CC(=O)Nc2ccc(CCC(=O)OCc3ccccc3)c(OCC(=O)O)c2)cc1. The number of nitrogens with one attached hydrogen (secondary N) is 3. The van der Waals surface area contributed by atoms with Gasteiger partial charge in [-0.1, -0.05) is 66.7 Å². The molecule has 0 aliphatic carbocycles. The van der Waals surface area contributed by atoms with E-state index in [1.807, 2.05) is 62.4 Å². The summed E-state index contributed by atoms with van der Waals surface area (Å²) in [5.41, 5.74) is 5.87. The van der Waals surface area contributed by atoms with Crippen LogP contribution in [0, 0.1) is 13.8 Å². The van der Waals surface area contributed by atoms with Gasteiger partial charge in [0.15, 0.2) is 6.61 Å². The lowest BCUT2D eigenvalue weighted by Crippen LogP contribution is -2.20. The number of para-hydroxylation sites is 1. The fourth-order valence-corrected chi connectivity index (χ4v) is 4.54. The van der Waals surface area contributed by atoms with Crippen LogP contribution < -0.4 is 20.7 Å². The highest BCUT2D eigenvalue weighted by atomic mass is 16.5. The Bertz CT molecular complexity index is 1630. The molecular formula is C35H35N3O7. The largest absolute Gasteiger partial charge is 0.482 e. The number of carboxylic acid groups (broad SMARTS) is 1. The summed E-state index contributed by atoms with van der Waals surface area (Å²) in [5, 5.41) is 17.6. The van der Waals surface area contributed by atoms with Crippen LogP contribution in [0.5, 0.6) is 5.75 Å². The molecule has 0 atom stereocenters. The number of carbonyl (C=O) groups is 4. The van der Waals surface area contributed by atoms with E-state index in [-0.39, 0.29) is 43.6 Å². The number of esters is 1. The number of ether oxygens (including phenoxy) is 2. The molecule has 4 aromatic carbocycles. The van der Waals surface area contributed by atoms with E-state index >= 15 is 0 Å². The lowest BCUT2D eigenvalue weighted by atomic mass is 10.1. The molecule has 0 saturated heterocycles. The summed E-state index contributed by atoms with van der Waals surface area (Å²) in [7, 11) is 0. The summed E-state index contributed by atoms with van der Waals surface area (Å²) in [5.74, 6) is -1.60. The number of anilines is 3. The van der Waals surface area contributed by atoms with E-state index in [1.165, 1.54) is 6.07 Å². The van der Waals surface area contributed by atoms with E-state index in [9.17, 15) is 19.2 Å². The van der Waals surface area contributed by atoms with Gasteiger partial charge in [-0.15, -0.1) is 0 Å². The van der Waals surface area contributed by atoms with E-state index in [2.05, 4.69) is 16.0 Å². The molecule has 232 valence electrons. The smallest absolute Gasteiger partial charge is 0.341 e. The van der Waals surface area contributed by atoms with Crippen molar-refractivity contribution >= 4 is 40.9 Å². The van der Waals surface area contributed by atoms with Crippen molar-refractivity contribution in [3.63, 3.8) is 0 Å². The zero-order valence-corrected chi connectivity index (χ0v) is 25.1. The minimum atomic E-state index is -1.15. The Labute approximate surface area is 261 Å². The molecule has 0 heterocycles. The van der Waals surface area contributed by atoms with Crippen molar-refractivity contribution < 1.29 is 33.8 Å². The molecule has 0 fully saturated rings. The van der Waals surface area contributed by atoms with Gasteiger partial charge in [0.25, 0.3) is 0 Å². The minimum absolute atomic E-state index is 0.0647. The fourth-order valence-electron chi connectivity index (χ4n) is 4.54. The van der Waals surface area contributed by atoms with Crippen LogP contribution in [0.4, 0.5) is 21.9 Å². The molecule has 45 heavy (non-hydrogen) atoms. The molecule has 0 aliphatic heterocycles. The molecule has 4 N–H and O–H groups in total. The predicted molar refractivity (Wildman–Crippen MR) is 171 cm³/mol. The van der Waals surface area contributed by atoms with Gasteiger partial charge < -0.3 is 30.5 Å². The van der Waals surface area contributed by atoms with Gasteiger partial charge in [0.2, 0.25) is 5.91 Å². The summed E-state index contributed by atoms with van der Waals surface area (Å²) in [6.07, 6.45) is 0.398. The van der Waals surface area contributed by atoms with Gasteiger partial charge >= 0.3 is 18.0 Å². The number of aliphatic carboxylic acids is 1. The number of amides is 3. The predicted octanol–water partition coefficient (Wildman–Crippen LogP) is 6.27. The molecule has 4 rings (SSSR count). The Morgan fingerprint density at radius 1 is 0.733 bits per heavy atom. The zero-order valence-electron chi connectivity index (χ0n) is 25.1. The third-order valence-corrected chi connectivity index (χ3v) is 6.84. The van der Waals surface area contributed by atoms with Crippen molar-refractivity contribution in [1.29, 1.82) is 0 Å². The maximum Gasteiger partial charge on any atom is 0.341 e. The molecule has 0 saturated carbocycles. The molecular weight excluding hydrogens is 574 g/mol. The van der Waals surface area contributed by atoms with Crippen molar-refractivity contribution in [2.45, 2.75) is 39.7 Å². The van der Waals surface area contributed by atoms with Gasteiger partial charge in [0.1, 0.15) is 12.4 Å². The maximum atomic E-state index is 12.8. The van der Waals surface area contributed by atoms with Gasteiger partial charge in [-0.05, 0) is 66.3 Å². The van der Waals surface area contributed by atoms with Gasteiger partial charge in [-0.2, -0.15) is 0 Å². The number of benzene rings is 4. The van der Waals surface area contributed by atoms with Crippen LogP contribution in [0.15, 0.2) is 91.0 Å². The van der Waals surface area contributed by atoms with Gasteiger partial charge in [-0.3, -0.25) is 9.59 Å². The lowest BCUT2D eigenvalue weighted by molar-refractivity contribution is -0.145. The molecule has 0 unspecified atom stereocenters. The van der Waals surface area contributed by atoms with Crippen molar-refractivity contribution in [2.75, 3.05) is 22.6 Å². The van der Waals surface area contributed by atoms with E-state index in [0.717, 1.165) is 27.9 Å². The van der Waals surface area contributed by atoms with Crippen LogP contribution in [0.2, 0.25) is 0 Å². The first-order chi connectivity index (χ1) is 21.7. The second-order valence-electron chi connectivity index (χ2n) is 10.4. The number of carbonyl (C=O) groups excluding carboxylic acids is 3. The number of aryl methyl sites for hydroxylation is 3. The Kier molecular flexibility index (Phi) is 11.3. The van der Waals surface area contributed by atoms with E-state index in [0.29, 0.717) is 16.9 Å². The summed E-state index contributed by atoms with van der Waals surface area (Å²) in [4.78, 5) is 48.7. The Morgan fingerprint density at radius 2 is 1.42 bits per heavy atom. The first kappa shape index (κ1) is 32.3. The molecule has 0 spiro atoms. The fraction of sp³-hybridized carbons (Fsp3) is 0.200. The molecule has 0 bridgehead atoms. The van der Waals surface area contributed by atoms with Gasteiger partial charge in [-0.25, -0.2) is 9.59 Å². The summed E-state index contributed by atoms with van der Waals surface area (Å²) in [6, 6.07) is 26.5. The third kappa shape index (κ3) is 10.2. The molecule has 10 nitrogen and oxygen atoms in total. The maximum absolute atomic E-state index is 12.8. The average molecular weight is 610 g/mol. The van der Waals surface area contributed by atoms with Gasteiger partial charge in [0, 0.05) is 29.5 Å². The van der Waals surface area contributed by atoms with Crippen LogP contribution >= 0.6 is 0 Å². The molecule has 10 heteroatoms. The lowest BCUT2D eigenvalue weighted by Gasteiger charge is -2.14. The van der Waals surface area contributed by atoms with Crippen molar-refractivity contribution in [3.8, 4) is 5.75 Å². The van der Waals surface area contributed by atoms with Crippen LogP contribution in [0.3, 0.4) is 0 Å². The molecule has 0 radical (unpaired) electrons. The second kappa shape index (κ2) is 15.7. The highest BCUT2D eigenvalue weighted by Crippen LogP contribution is 2.26. The number of hydrogen-bond donors (Lipinski definition) is 4. The first-order valence-corrected chi connectivity index (χ1v) is 14.4. The average Bonchev–Trinajstić information content (AvgIpc) is 3.01. The summed E-state index contributed by atoms with van der Waals surface area (Å²) < 4.78 is 10.8.